The molecule has 0 aliphatic carbocycles. The van der Waals surface area contributed by atoms with Gasteiger partial charge in [-0.1, -0.05) is 23.7 Å². The second kappa shape index (κ2) is 9.70. The highest BCUT2D eigenvalue weighted by molar-refractivity contribution is 7.81. The molecule has 2 aromatic heterocycles. The molecule has 1 aromatic carbocycles. The molecule has 0 unspecified atom stereocenters. The summed E-state index contributed by atoms with van der Waals surface area (Å²) in [5, 5.41) is 6.88. The molecule has 10 heteroatoms. The molecule has 0 bridgehead atoms. The first-order valence-electron chi connectivity index (χ1n) is 10.7. The number of ether oxygens (including phenoxy) is 1. The van der Waals surface area contributed by atoms with E-state index in [0.717, 1.165) is 29.7 Å². The van der Waals surface area contributed by atoms with Gasteiger partial charge in [0.2, 0.25) is 5.95 Å². The molecule has 1 aliphatic heterocycles. The van der Waals surface area contributed by atoms with E-state index in [9.17, 15) is 4.79 Å². The lowest BCUT2D eigenvalue weighted by Gasteiger charge is -2.30. The van der Waals surface area contributed by atoms with Crippen LogP contribution in [0.25, 0.3) is 5.82 Å². The average molecular weight is 487 g/mol. The molecule has 1 fully saturated rings. The number of aryl methyl sites for hydroxylation is 1. The van der Waals surface area contributed by atoms with Crippen LogP contribution in [0.5, 0.6) is 0 Å². The molecule has 1 saturated heterocycles. The Hall–Kier alpha value is -2.62. The molecule has 4 rings (SSSR count). The van der Waals surface area contributed by atoms with Crippen molar-refractivity contribution < 1.29 is 9.53 Å². The molecule has 3 aromatic rings. The number of hydrogen-bond donors (Lipinski definition) is 3. The normalized spacial score (nSPS) is 17.5. The van der Waals surface area contributed by atoms with E-state index in [1.165, 1.54) is 0 Å². The van der Waals surface area contributed by atoms with Crippen molar-refractivity contribution in [3.05, 3.63) is 64.3 Å². The first-order chi connectivity index (χ1) is 15.7. The molecule has 1 amide bonds. The zero-order valence-corrected chi connectivity index (χ0v) is 20.5. The fraction of sp³-hybridized carbons (Fsp3) is 0.391. The molecule has 0 radical (unpaired) electrons. The molecule has 2 N–H and O–H groups in total. The fourth-order valence-electron chi connectivity index (χ4n) is 3.73. The quantitative estimate of drug-likeness (QED) is 0.346. The second-order valence-corrected chi connectivity index (χ2v) is 9.74. The van der Waals surface area contributed by atoms with Gasteiger partial charge in [-0.3, -0.25) is 9.36 Å². The summed E-state index contributed by atoms with van der Waals surface area (Å²) in [4.78, 5) is 25.5. The Labute approximate surface area is 203 Å². The Morgan fingerprint density at radius 3 is 2.94 bits per heavy atom. The number of carbonyl (C=O) groups is 1. The molecule has 1 aliphatic rings. The summed E-state index contributed by atoms with van der Waals surface area (Å²) >= 11 is 11.0. The van der Waals surface area contributed by atoms with Crippen LogP contribution in [0, 0.1) is 19.8 Å². The number of nitrogens with zero attached hydrogens (tertiary/aromatic N) is 4. The van der Waals surface area contributed by atoms with Crippen LogP contribution in [-0.4, -0.2) is 43.5 Å². The van der Waals surface area contributed by atoms with Crippen molar-refractivity contribution in [2.45, 2.75) is 38.6 Å². The van der Waals surface area contributed by atoms with E-state index >= 15 is 0 Å². The molecule has 0 spiro atoms. The van der Waals surface area contributed by atoms with Gasteiger partial charge in [0.15, 0.2) is 0 Å². The van der Waals surface area contributed by atoms with Gasteiger partial charge in [-0.15, -0.1) is 0 Å². The fourth-order valence-corrected chi connectivity index (χ4v) is 4.22. The average Bonchev–Trinajstić information content (AvgIpc) is 3.48. The van der Waals surface area contributed by atoms with Crippen LogP contribution in [0.2, 0.25) is 5.02 Å². The Morgan fingerprint density at radius 2 is 2.18 bits per heavy atom. The summed E-state index contributed by atoms with van der Waals surface area (Å²) in [6.07, 6.45) is 5.90. The van der Waals surface area contributed by atoms with Gasteiger partial charge in [-0.2, -0.15) is 17.6 Å². The number of hydrogen-bond acceptors (Lipinski definition) is 7. The maximum atomic E-state index is 12.7. The Morgan fingerprint density at radius 1 is 1.36 bits per heavy atom. The molecule has 0 saturated carbocycles. The van der Waals surface area contributed by atoms with Gasteiger partial charge in [0.1, 0.15) is 17.8 Å². The van der Waals surface area contributed by atoms with E-state index in [0.29, 0.717) is 35.6 Å². The maximum absolute atomic E-state index is 12.7. The van der Waals surface area contributed by atoms with Crippen LogP contribution in [0.1, 0.15) is 40.5 Å². The van der Waals surface area contributed by atoms with Crippen molar-refractivity contribution in [1.82, 2.24) is 24.8 Å². The Kier molecular flexibility index (Phi) is 6.92. The first kappa shape index (κ1) is 23.5. The topological polar surface area (TPSA) is 94.0 Å². The van der Waals surface area contributed by atoms with Crippen LogP contribution in [0.3, 0.4) is 0 Å². The molecular weight excluding hydrogens is 460 g/mol. The van der Waals surface area contributed by atoms with Crippen molar-refractivity contribution in [3.63, 3.8) is 0 Å². The minimum absolute atomic E-state index is 0.251. The third kappa shape index (κ3) is 5.31. The summed E-state index contributed by atoms with van der Waals surface area (Å²) in [5.74, 6) is 1.07. The predicted molar refractivity (Wildman–Crippen MR) is 131 cm³/mol. The molecule has 2 atom stereocenters. The minimum atomic E-state index is -0.512. The zero-order valence-electron chi connectivity index (χ0n) is 18.8. The number of imidazole rings is 1. The number of anilines is 1. The van der Waals surface area contributed by atoms with Crippen molar-refractivity contribution >= 4 is 36.1 Å². The third-order valence-corrected chi connectivity index (χ3v) is 6.80. The summed E-state index contributed by atoms with van der Waals surface area (Å²) in [6.45, 7) is 7.59. The van der Waals surface area contributed by atoms with E-state index in [2.05, 4.69) is 25.6 Å². The standard InChI is InChI=1S/C23H27ClN6O2S/c1-14-9-26-22(29-23(3,33)17-7-8-32-12-17)28-20(14)30-11-19(27-13-30)21(31)25-10-16-5-4-6-18(24)15(16)2/h4-6,9,11,13,17,33H,7-8,10,12H2,1-3H3,(H,25,31)(H,26,28,29)/t17-,23+/m1/s1. The molecule has 33 heavy (non-hydrogen) atoms. The zero-order chi connectivity index (χ0) is 23.6. The molecule has 8 nitrogen and oxygen atoms in total. The van der Waals surface area contributed by atoms with Crippen LogP contribution in [0.4, 0.5) is 5.95 Å². The van der Waals surface area contributed by atoms with Crippen molar-refractivity contribution in [1.29, 1.82) is 0 Å². The number of halogens is 1. The van der Waals surface area contributed by atoms with Crippen molar-refractivity contribution in [3.8, 4) is 5.82 Å². The van der Waals surface area contributed by atoms with E-state index in [4.69, 9.17) is 29.0 Å². The molecule has 174 valence electrons. The van der Waals surface area contributed by atoms with E-state index in [-0.39, 0.29) is 11.8 Å². The first-order valence-corrected chi connectivity index (χ1v) is 11.6. The summed E-state index contributed by atoms with van der Waals surface area (Å²) < 4.78 is 7.21. The highest BCUT2D eigenvalue weighted by Crippen LogP contribution is 2.31. The SMILES string of the molecule is Cc1cnc(N[C@@](C)(S)[C@@H]2CCOC2)nc1-n1cnc(C(=O)NCc2cccc(Cl)c2C)c1. The van der Waals surface area contributed by atoms with Gasteiger partial charge in [-0.05, 0) is 44.4 Å². The number of rotatable bonds is 7. The lowest BCUT2D eigenvalue weighted by Crippen LogP contribution is -2.38. The number of aromatic nitrogens is 4. The van der Waals surface area contributed by atoms with Gasteiger partial charge in [0.25, 0.3) is 5.91 Å². The van der Waals surface area contributed by atoms with Crippen molar-refractivity contribution in [2.75, 3.05) is 18.5 Å². The van der Waals surface area contributed by atoms with Crippen LogP contribution < -0.4 is 10.6 Å². The van der Waals surface area contributed by atoms with Gasteiger partial charge in [0, 0.05) is 42.0 Å². The number of thiol groups is 1. The largest absolute Gasteiger partial charge is 0.381 e. The summed E-state index contributed by atoms with van der Waals surface area (Å²) in [5.41, 5.74) is 3.05. The summed E-state index contributed by atoms with van der Waals surface area (Å²) in [7, 11) is 0. The highest BCUT2D eigenvalue weighted by atomic mass is 35.5. The minimum Gasteiger partial charge on any atom is -0.381 e. The lowest BCUT2D eigenvalue weighted by atomic mass is 10.00. The third-order valence-electron chi connectivity index (χ3n) is 5.91. The molecule has 3 heterocycles. The van der Waals surface area contributed by atoms with Crippen molar-refractivity contribution in [2.24, 2.45) is 5.92 Å². The van der Waals surface area contributed by atoms with Crippen LogP contribution in [-0.2, 0) is 11.3 Å². The Bertz CT molecular complexity index is 1160. The van der Waals surface area contributed by atoms with Crippen LogP contribution >= 0.6 is 24.2 Å². The number of nitrogens with one attached hydrogen (secondary N) is 2. The van der Waals surface area contributed by atoms with E-state index in [1.807, 2.05) is 39.0 Å². The summed E-state index contributed by atoms with van der Waals surface area (Å²) in [6, 6.07) is 5.63. The van der Waals surface area contributed by atoms with Gasteiger partial charge >= 0.3 is 0 Å². The lowest BCUT2D eigenvalue weighted by molar-refractivity contribution is 0.0946. The maximum Gasteiger partial charge on any atom is 0.271 e. The predicted octanol–water partition coefficient (Wildman–Crippen LogP) is 3.96. The van der Waals surface area contributed by atoms with E-state index in [1.54, 1.807) is 23.3 Å². The number of carbonyl (C=O) groups excluding carboxylic acids is 1. The van der Waals surface area contributed by atoms with Crippen LogP contribution in [0.15, 0.2) is 36.9 Å². The van der Waals surface area contributed by atoms with E-state index < -0.39 is 4.87 Å². The molecular formula is C23H27ClN6O2S. The number of amides is 1. The number of benzene rings is 1. The monoisotopic (exact) mass is 486 g/mol. The Balaban J connectivity index is 1.47. The van der Waals surface area contributed by atoms with Gasteiger partial charge < -0.3 is 15.4 Å². The second-order valence-electron chi connectivity index (χ2n) is 8.41. The van der Waals surface area contributed by atoms with Gasteiger partial charge in [0.05, 0.1) is 11.5 Å². The highest BCUT2D eigenvalue weighted by Gasteiger charge is 2.34. The smallest absolute Gasteiger partial charge is 0.271 e. The van der Waals surface area contributed by atoms with Gasteiger partial charge in [-0.25, -0.2) is 9.97 Å².